The van der Waals surface area contributed by atoms with Crippen LogP contribution in [0, 0.1) is 11.8 Å². The van der Waals surface area contributed by atoms with Crippen molar-refractivity contribution in [2.45, 2.75) is 43.9 Å². The molecule has 5 heteroatoms. The fourth-order valence-electron chi connectivity index (χ4n) is 6.04. The Morgan fingerprint density at radius 2 is 2.12 bits per heavy atom. The van der Waals surface area contributed by atoms with Crippen molar-refractivity contribution in [3.8, 4) is 5.75 Å². The zero-order valence-corrected chi connectivity index (χ0v) is 20.1. The predicted molar refractivity (Wildman–Crippen MR) is 133 cm³/mol. The number of benzene rings is 2. The van der Waals surface area contributed by atoms with E-state index in [1.165, 1.54) is 31.1 Å². The smallest absolute Gasteiger partial charge is 0.337 e. The summed E-state index contributed by atoms with van der Waals surface area (Å²) in [4.78, 5) is 14.8. The largest absolute Gasteiger partial charge is 0.490 e. The van der Waals surface area contributed by atoms with Crippen molar-refractivity contribution in [1.82, 2.24) is 0 Å². The first-order valence-electron chi connectivity index (χ1n) is 12.0. The van der Waals surface area contributed by atoms with E-state index in [0.29, 0.717) is 24.0 Å². The highest BCUT2D eigenvalue weighted by molar-refractivity contribution is 6.30. The highest BCUT2D eigenvalue weighted by Gasteiger charge is 2.43. The Morgan fingerprint density at radius 3 is 2.88 bits per heavy atom. The van der Waals surface area contributed by atoms with Crippen LogP contribution in [-0.4, -0.2) is 32.8 Å². The number of fused-ring (bicyclic) bond motifs is 3. The molecule has 2 aromatic carbocycles. The maximum Gasteiger partial charge on any atom is 0.337 e. The lowest BCUT2D eigenvalue weighted by molar-refractivity contribution is 0.0600. The van der Waals surface area contributed by atoms with Crippen LogP contribution in [0.15, 0.2) is 49.1 Å². The predicted octanol–water partition coefficient (Wildman–Crippen LogP) is 6.20. The SMILES string of the molecule is C=CC[C@@H]1CC[C@H]1CN1C[C@@]2(CCCc3cc(Cl)ccc32)COc2ccc(C(=O)OC)cc21. The van der Waals surface area contributed by atoms with Crippen LogP contribution in [0.3, 0.4) is 0 Å². The molecule has 2 aromatic rings. The van der Waals surface area contributed by atoms with E-state index in [2.05, 4.69) is 23.6 Å². The number of ether oxygens (including phenoxy) is 2. The quantitative estimate of drug-likeness (QED) is 0.389. The molecule has 0 bridgehead atoms. The maximum atomic E-state index is 12.3. The molecular formula is C28H32ClNO3. The van der Waals surface area contributed by atoms with Crippen molar-refractivity contribution >= 4 is 23.3 Å². The second kappa shape index (κ2) is 9.06. The Hall–Kier alpha value is -2.46. The van der Waals surface area contributed by atoms with Crippen molar-refractivity contribution in [3.63, 3.8) is 0 Å². The zero-order valence-electron chi connectivity index (χ0n) is 19.3. The summed E-state index contributed by atoms with van der Waals surface area (Å²) in [5.74, 6) is 1.84. The summed E-state index contributed by atoms with van der Waals surface area (Å²) in [6.07, 6.45) is 8.88. The molecule has 1 spiro atoms. The monoisotopic (exact) mass is 465 g/mol. The van der Waals surface area contributed by atoms with Gasteiger partial charge in [0.1, 0.15) is 5.75 Å². The summed E-state index contributed by atoms with van der Waals surface area (Å²) in [5.41, 5.74) is 4.17. The third-order valence-electron chi connectivity index (χ3n) is 7.96. The van der Waals surface area contributed by atoms with E-state index in [1.807, 2.05) is 24.3 Å². The highest BCUT2D eigenvalue weighted by atomic mass is 35.5. The maximum absolute atomic E-state index is 12.3. The first kappa shape index (κ1) is 22.3. The van der Waals surface area contributed by atoms with E-state index >= 15 is 0 Å². The van der Waals surface area contributed by atoms with Gasteiger partial charge in [-0.15, -0.1) is 6.58 Å². The minimum absolute atomic E-state index is 0.0969. The van der Waals surface area contributed by atoms with Gasteiger partial charge in [-0.3, -0.25) is 0 Å². The molecule has 3 aliphatic rings. The van der Waals surface area contributed by atoms with E-state index in [4.69, 9.17) is 21.1 Å². The van der Waals surface area contributed by atoms with Crippen LogP contribution in [0.25, 0.3) is 0 Å². The molecule has 2 aliphatic carbocycles. The average Bonchev–Trinajstić information content (AvgIpc) is 2.97. The van der Waals surface area contributed by atoms with E-state index < -0.39 is 0 Å². The Bertz CT molecular complexity index is 1070. The molecule has 0 amide bonds. The van der Waals surface area contributed by atoms with Gasteiger partial charge in [-0.1, -0.05) is 23.7 Å². The topological polar surface area (TPSA) is 38.8 Å². The van der Waals surface area contributed by atoms with Gasteiger partial charge >= 0.3 is 5.97 Å². The number of carbonyl (C=O) groups excluding carboxylic acids is 1. The molecule has 0 radical (unpaired) electrons. The molecule has 1 saturated carbocycles. The summed E-state index contributed by atoms with van der Waals surface area (Å²) < 4.78 is 11.5. The molecule has 0 aromatic heterocycles. The molecule has 1 fully saturated rings. The Kier molecular flexibility index (Phi) is 6.13. The van der Waals surface area contributed by atoms with Gasteiger partial charge in [0.05, 0.1) is 25.0 Å². The average molecular weight is 466 g/mol. The first-order chi connectivity index (χ1) is 16.0. The number of carbonyl (C=O) groups is 1. The lowest BCUT2D eigenvalue weighted by Crippen LogP contribution is -2.48. The van der Waals surface area contributed by atoms with Crippen molar-refractivity contribution in [1.29, 1.82) is 0 Å². The lowest BCUT2D eigenvalue weighted by atomic mass is 9.69. The van der Waals surface area contributed by atoms with Gasteiger partial charge in [0.15, 0.2) is 0 Å². The van der Waals surface area contributed by atoms with Crippen molar-refractivity contribution in [2.24, 2.45) is 11.8 Å². The number of nitrogens with zero attached hydrogens (tertiary/aromatic N) is 1. The summed E-state index contributed by atoms with van der Waals surface area (Å²) in [6, 6.07) is 12.0. The molecule has 1 heterocycles. The molecule has 1 aliphatic heterocycles. The number of hydrogen-bond donors (Lipinski definition) is 0. The fraction of sp³-hybridized carbons (Fsp3) is 0.464. The summed E-state index contributed by atoms with van der Waals surface area (Å²) in [5, 5.41) is 0.796. The van der Waals surface area contributed by atoms with Crippen molar-refractivity contribution in [2.75, 3.05) is 31.7 Å². The second-order valence-electron chi connectivity index (χ2n) is 9.90. The Labute approximate surface area is 201 Å². The molecule has 5 rings (SSSR count). The van der Waals surface area contributed by atoms with E-state index in [-0.39, 0.29) is 11.4 Å². The number of esters is 1. The molecule has 3 atom stereocenters. The number of aryl methyl sites for hydroxylation is 1. The summed E-state index contributed by atoms with van der Waals surface area (Å²) >= 11 is 6.35. The zero-order chi connectivity index (χ0) is 23.0. The lowest BCUT2D eigenvalue weighted by Gasteiger charge is -2.44. The first-order valence-corrected chi connectivity index (χ1v) is 12.4. The Balaban J connectivity index is 1.54. The molecular weight excluding hydrogens is 434 g/mol. The number of allylic oxidation sites excluding steroid dienone is 1. The molecule has 4 nitrogen and oxygen atoms in total. The minimum Gasteiger partial charge on any atom is -0.490 e. The summed E-state index contributed by atoms with van der Waals surface area (Å²) in [7, 11) is 1.43. The van der Waals surface area contributed by atoms with Crippen molar-refractivity contribution in [3.05, 3.63) is 70.8 Å². The fourth-order valence-corrected chi connectivity index (χ4v) is 6.24. The van der Waals surface area contributed by atoms with Gasteiger partial charge in [-0.25, -0.2) is 4.79 Å². The highest BCUT2D eigenvalue weighted by Crippen LogP contribution is 2.46. The van der Waals surface area contributed by atoms with Crippen molar-refractivity contribution < 1.29 is 14.3 Å². The molecule has 174 valence electrons. The van der Waals surface area contributed by atoms with E-state index in [0.717, 1.165) is 55.2 Å². The van der Waals surface area contributed by atoms with Gasteiger partial charge in [0.25, 0.3) is 0 Å². The molecule has 0 unspecified atom stereocenters. The van der Waals surface area contributed by atoms with Gasteiger partial charge in [-0.2, -0.15) is 0 Å². The standard InChI is InChI=1S/C28H32ClNO3/c1-3-5-19-7-8-22(19)16-30-17-28(13-4-6-20-14-23(29)10-11-24(20)28)18-33-26-12-9-21(15-25(26)30)27(31)32-2/h3,9-12,14-15,19,22H,1,4-8,13,16-18H2,2H3/t19-,22+,28+/m1/s1. The van der Waals surface area contributed by atoms with Gasteiger partial charge < -0.3 is 14.4 Å². The molecule has 33 heavy (non-hydrogen) atoms. The van der Waals surface area contributed by atoms with Crippen LogP contribution >= 0.6 is 11.6 Å². The third-order valence-corrected chi connectivity index (χ3v) is 8.19. The molecule has 0 N–H and O–H groups in total. The van der Waals surface area contributed by atoms with Gasteiger partial charge in [0.2, 0.25) is 0 Å². The minimum atomic E-state index is -0.317. The van der Waals surface area contributed by atoms with Crippen LogP contribution in [0.2, 0.25) is 5.02 Å². The van der Waals surface area contributed by atoms with Gasteiger partial charge in [-0.05, 0) is 91.8 Å². The number of anilines is 1. The third kappa shape index (κ3) is 4.14. The number of hydrogen-bond acceptors (Lipinski definition) is 4. The van der Waals surface area contributed by atoms with E-state index in [9.17, 15) is 4.79 Å². The van der Waals surface area contributed by atoms with Gasteiger partial charge in [0, 0.05) is 23.5 Å². The van der Waals surface area contributed by atoms with Crippen LogP contribution < -0.4 is 9.64 Å². The van der Waals surface area contributed by atoms with E-state index in [1.54, 1.807) is 6.07 Å². The molecule has 0 saturated heterocycles. The second-order valence-corrected chi connectivity index (χ2v) is 10.3. The van der Waals surface area contributed by atoms with Crippen LogP contribution in [0.1, 0.15) is 53.6 Å². The number of halogens is 1. The number of methoxy groups -OCH3 is 1. The normalized spacial score (nSPS) is 25.8. The van der Waals surface area contributed by atoms with Crippen LogP contribution in [0.4, 0.5) is 5.69 Å². The summed E-state index contributed by atoms with van der Waals surface area (Å²) in [6.45, 7) is 6.42. The van der Waals surface area contributed by atoms with Crippen LogP contribution in [-0.2, 0) is 16.6 Å². The van der Waals surface area contributed by atoms with Crippen LogP contribution in [0.5, 0.6) is 5.75 Å². The number of rotatable bonds is 5. The Morgan fingerprint density at radius 1 is 1.27 bits per heavy atom.